The number of nitrogens with zero attached hydrogens (tertiary/aromatic N) is 2. The van der Waals surface area contributed by atoms with Gasteiger partial charge in [-0.05, 0) is 19.1 Å². The fourth-order valence-electron chi connectivity index (χ4n) is 1.85. The molecule has 0 fully saturated rings. The molecular weight excluding hydrogens is 264 g/mol. The van der Waals surface area contributed by atoms with E-state index in [0.717, 1.165) is 23.1 Å². The maximum Gasteiger partial charge on any atom is 0.0726 e. The summed E-state index contributed by atoms with van der Waals surface area (Å²) in [7, 11) is 2.11. The smallest absolute Gasteiger partial charge is 0.0726 e. The second-order valence-corrected chi connectivity index (χ2v) is 4.70. The summed E-state index contributed by atoms with van der Waals surface area (Å²) in [5.74, 6) is 0. The molecule has 1 heterocycles. The van der Waals surface area contributed by atoms with E-state index >= 15 is 0 Å². The van der Waals surface area contributed by atoms with Gasteiger partial charge in [-0.2, -0.15) is 0 Å². The first-order valence-corrected chi connectivity index (χ1v) is 6.48. The minimum atomic E-state index is 0.971. The lowest BCUT2D eigenvalue weighted by Gasteiger charge is -2.20. The molecule has 0 saturated heterocycles. The standard InChI is InChI=1S/C13H15BrN2/c1-10-9-13(16(2)8-7-14)11-5-3-4-6-12(11)15-10/h3-6,9H,7-8H2,1-2H3. The molecule has 0 radical (unpaired) electrons. The minimum absolute atomic E-state index is 0.971. The summed E-state index contributed by atoms with van der Waals surface area (Å²) in [4.78, 5) is 6.80. The lowest BCUT2D eigenvalue weighted by molar-refractivity contribution is 0.984. The first-order chi connectivity index (χ1) is 7.72. The van der Waals surface area contributed by atoms with Crippen LogP contribution < -0.4 is 4.90 Å². The predicted octanol–water partition coefficient (Wildman–Crippen LogP) is 3.37. The van der Waals surface area contributed by atoms with Gasteiger partial charge in [-0.3, -0.25) is 4.98 Å². The van der Waals surface area contributed by atoms with Crippen LogP contribution in [0.1, 0.15) is 5.69 Å². The van der Waals surface area contributed by atoms with Crippen molar-refractivity contribution in [2.45, 2.75) is 6.92 Å². The number of anilines is 1. The first kappa shape index (κ1) is 11.4. The molecule has 3 heteroatoms. The zero-order chi connectivity index (χ0) is 11.5. The van der Waals surface area contributed by atoms with Crippen LogP contribution in [-0.4, -0.2) is 23.9 Å². The molecule has 1 aromatic carbocycles. The molecule has 0 amide bonds. The Morgan fingerprint density at radius 3 is 2.81 bits per heavy atom. The Morgan fingerprint density at radius 2 is 2.06 bits per heavy atom. The molecular formula is C13H15BrN2. The zero-order valence-corrected chi connectivity index (χ0v) is 11.2. The van der Waals surface area contributed by atoms with Crippen molar-refractivity contribution < 1.29 is 0 Å². The average Bonchev–Trinajstić information content (AvgIpc) is 2.28. The van der Waals surface area contributed by atoms with Gasteiger partial charge in [-0.1, -0.05) is 34.1 Å². The van der Waals surface area contributed by atoms with Crippen molar-refractivity contribution in [2.24, 2.45) is 0 Å². The van der Waals surface area contributed by atoms with Crippen molar-refractivity contribution in [1.29, 1.82) is 0 Å². The molecule has 2 rings (SSSR count). The fourth-order valence-corrected chi connectivity index (χ4v) is 2.38. The number of aryl methyl sites for hydroxylation is 1. The predicted molar refractivity (Wildman–Crippen MR) is 73.5 cm³/mol. The highest BCUT2D eigenvalue weighted by atomic mass is 79.9. The van der Waals surface area contributed by atoms with E-state index in [4.69, 9.17) is 0 Å². The van der Waals surface area contributed by atoms with E-state index < -0.39 is 0 Å². The van der Waals surface area contributed by atoms with Gasteiger partial charge in [0.25, 0.3) is 0 Å². The zero-order valence-electron chi connectivity index (χ0n) is 9.57. The number of halogens is 1. The van der Waals surface area contributed by atoms with E-state index in [9.17, 15) is 0 Å². The maximum absolute atomic E-state index is 4.54. The topological polar surface area (TPSA) is 16.1 Å². The summed E-state index contributed by atoms with van der Waals surface area (Å²) in [5, 5.41) is 2.19. The van der Waals surface area contributed by atoms with Gasteiger partial charge in [-0.25, -0.2) is 0 Å². The van der Waals surface area contributed by atoms with Gasteiger partial charge in [0.1, 0.15) is 0 Å². The van der Waals surface area contributed by atoms with Crippen molar-refractivity contribution in [2.75, 3.05) is 23.8 Å². The van der Waals surface area contributed by atoms with Crippen LogP contribution in [0.3, 0.4) is 0 Å². The number of pyridine rings is 1. The van der Waals surface area contributed by atoms with E-state index in [1.807, 2.05) is 13.0 Å². The number of para-hydroxylation sites is 1. The molecule has 1 aromatic heterocycles. The molecule has 0 spiro atoms. The lowest BCUT2D eigenvalue weighted by Crippen LogP contribution is -2.19. The van der Waals surface area contributed by atoms with E-state index in [2.05, 4.69) is 57.1 Å². The highest BCUT2D eigenvalue weighted by Gasteiger charge is 2.07. The van der Waals surface area contributed by atoms with E-state index in [-0.39, 0.29) is 0 Å². The summed E-state index contributed by atoms with van der Waals surface area (Å²) in [6.45, 7) is 3.03. The maximum atomic E-state index is 4.54. The van der Waals surface area contributed by atoms with Crippen LogP contribution in [0, 0.1) is 6.92 Å². The second-order valence-electron chi connectivity index (χ2n) is 3.91. The molecule has 2 nitrogen and oxygen atoms in total. The number of hydrogen-bond acceptors (Lipinski definition) is 2. The summed E-state index contributed by atoms with van der Waals surface area (Å²) in [6, 6.07) is 10.4. The normalized spacial score (nSPS) is 10.7. The number of rotatable bonds is 3. The van der Waals surface area contributed by atoms with Crippen LogP contribution in [0.15, 0.2) is 30.3 Å². The van der Waals surface area contributed by atoms with Crippen molar-refractivity contribution in [3.05, 3.63) is 36.0 Å². The van der Waals surface area contributed by atoms with Gasteiger partial charge in [0, 0.05) is 35.7 Å². The van der Waals surface area contributed by atoms with Gasteiger partial charge in [0.15, 0.2) is 0 Å². The van der Waals surface area contributed by atoms with Gasteiger partial charge < -0.3 is 4.90 Å². The van der Waals surface area contributed by atoms with Crippen molar-refractivity contribution >= 4 is 32.5 Å². The Labute approximate surface area is 104 Å². The molecule has 2 aromatic rings. The van der Waals surface area contributed by atoms with Crippen LogP contribution in [0.5, 0.6) is 0 Å². The van der Waals surface area contributed by atoms with Gasteiger partial charge in [-0.15, -0.1) is 0 Å². The highest BCUT2D eigenvalue weighted by Crippen LogP contribution is 2.25. The van der Waals surface area contributed by atoms with Crippen molar-refractivity contribution in [3.8, 4) is 0 Å². The Hall–Kier alpha value is -1.09. The number of alkyl halides is 1. The van der Waals surface area contributed by atoms with Crippen molar-refractivity contribution in [3.63, 3.8) is 0 Å². The number of benzene rings is 1. The van der Waals surface area contributed by atoms with Gasteiger partial charge in [0.05, 0.1) is 5.52 Å². The molecule has 0 aliphatic rings. The minimum Gasteiger partial charge on any atom is -0.373 e. The summed E-state index contributed by atoms with van der Waals surface area (Å²) in [5.41, 5.74) is 3.39. The number of hydrogen-bond donors (Lipinski definition) is 0. The molecule has 0 bridgehead atoms. The molecule has 0 saturated carbocycles. The second kappa shape index (κ2) is 4.83. The van der Waals surface area contributed by atoms with Crippen LogP contribution in [0.4, 0.5) is 5.69 Å². The van der Waals surface area contributed by atoms with E-state index in [1.165, 1.54) is 11.1 Å². The Kier molecular flexibility index (Phi) is 3.44. The quantitative estimate of drug-likeness (QED) is 0.801. The summed E-state index contributed by atoms with van der Waals surface area (Å²) >= 11 is 3.47. The molecule has 0 atom stereocenters. The van der Waals surface area contributed by atoms with Crippen LogP contribution in [0.2, 0.25) is 0 Å². The molecule has 84 valence electrons. The molecule has 0 N–H and O–H groups in total. The Bertz CT molecular complexity index is 496. The largest absolute Gasteiger partial charge is 0.373 e. The SMILES string of the molecule is Cc1cc(N(C)CCBr)c2ccccc2n1. The highest BCUT2D eigenvalue weighted by molar-refractivity contribution is 9.09. The molecule has 16 heavy (non-hydrogen) atoms. The van der Waals surface area contributed by atoms with E-state index in [0.29, 0.717) is 0 Å². The third-order valence-electron chi connectivity index (χ3n) is 2.65. The number of aromatic nitrogens is 1. The molecule has 0 aliphatic heterocycles. The fraction of sp³-hybridized carbons (Fsp3) is 0.308. The summed E-state index contributed by atoms with van der Waals surface area (Å²) < 4.78 is 0. The number of fused-ring (bicyclic) bond motifs is 1. The third-order valence-corrected chi connectivity index (χ3v) is 3.01. The third kappa shape index (κ3) is 2.19. The summed E-state index contributed by atoms with van der Waals surface area (Å²) in [6.07, 6.45) is 0. The van der Waals surface area contributed by atoms with E-state index in [1.54, 1.807) is 0 Å². The Balaban J connectivity index is 2.58. The van der Waals surface area contributed by atoms with Crippen LogP contribution in [-0.2, 0) is 0 Å². The molecule has 0 unspecified atom stereocenters. The lowest BCUT2D eigenvalue weighted by atomic mass is 10.1. The Morgan fingerprint density at radius 1 is 1.31 bits per heavy atom. The van der Waals surface area contributed by atoms with Gasteiger partial charge in [0.2, 0.25) is 0 Å². The average molecular weight is 279 g/mol. The first-order valence-electron chi connectivity index (χ1n) is 5.36. The molecule has 0 aliphatic carbocycles. The monoisotopic (exact) mass is 278 g/mol. The van der Waals surface area contributed by atoms with Crippen molar-refractivity contribution in [1.82, 2.24) is 4.98 Å². The van der Waals surface area contributed by atoms with Gasteiger partial charge >= 0.3 is 0 Å². The van der Waals surface area contributed by atoms with Crippen LogP contribution >= 0.6 is 15.9 Å². The van der Waals surface area contributed by atoms with Crippen LogP contribution in [0.25, 0.3) is 10.9 Å².